The normalized spacial score (nSPS) is 11.0. The number of ether oxygens (including phenoxy) is 2. The van der Waals surface area contributed by atoms with Gasteiger partial charge in [-0.1, -0.05) is 44.2 Å². The summed E-state index contributed by atoms with van der Waals surface area (Å²) in [6, 6.07) is 5.53. The monoisotopic (exact) mass is 293 g/mol. The number of hydrogen-bond donors (Lipinski definition) is 1. The van der Waals surface area contributed by atoms with E-state index in [-0.39, 0.29) is 0 Å². The van der Waals surface area contributed by atoms with Crippen LogP contribution in [-0.2, 0) is 0 Å². The summed E-state index contributed by atoms with van der Waals surface area (Å²) in [6.45, 7) is 5.45. The van der Waals surface area contributed by atoms with Crippen molar-refractivity contribution < 1.29 is 14.7 Å². The molecule has 1 aromatic rings. The van der Waals surface area contributed by atoms with E-state index in [1.165, 1.54) is 38.3 Å². The number of hydrogen-bond acceptors (Lipinski definition) is 4. The lowest BCUT2D eigenvalue weighted by Gasteiger charge is -2.12. The highest BCUT2D eigenvalue weighted by Gasteiger charge is 2.06. The van der Waals surface area contributed by atoms with Gasteiger partial charge in [-0.15, -0.1) is 0 Å². The second-order valence-electron chi connectivity index (χ2n) is 5.00. The van der Waals surface area contributed by atoms with Crippen molar-refractivity contribution in [1.29, 1.82) is 0 Å². The van der Waals surface area contributed by atoms with Crippen molar-refractivity contribution in [1.82, 2.24) is 0 Å². The van der Waals surface area contributed by atoms with E-state index in [4.69, 9.17) is 14.7 Å². The molecule has 0 aliphatic heterocycles. The van der Waals surface area contributed by atoms with Gasteiger partial charge in [-0.25, -0.2) is 0 Å². The Bertz CT molecular complexity index is 418. The molecule has 4 nitrogen and oxygen atoms in total. The molecule has 0 saturated heterocycles. The van der Waals surface area contributed by atoms with Crippen molar-refractivity contribution >= 4 is 6.21 Å². The fourth-order valence-corrected chi connectivity index (χ4v) is 2.12. The van der Waals surface area contributed by atoms with Gasteiger partial charge in [0.15, 0.2) is 11.5 Å². The van der Waals surface area contributed by atoms with E-state index in [9.17, 15) is 0 Å². The SMILES string of the molecule is CCCCCCCCOc1ccc(/C=N/O)cc1OCC. The van der Waals surface area contributed by atoms with Crippen molar-refractivity contribution in [3.8, 4) is 11.5 Å². The first-order valence-corrected chi connectivity index (χ1v) is 7.88. The Morgan fingerprint density at radius 2 is 1.76 bits per heavy atom. The van der Waals surface area contributed by atoms with Crippen LogP contribution in [-0.4, -0.2) is 24.6 Å². The predicted molar refractivity (Wildman–Crippen MR) is 85.9 cm³/mol. The van der Waals surface area contributed by atoms with Gasteiger partial charge in [0, 0.05) is 5.56 Å². The molecule has 0 spiro atoms. The molecule has 21 heavy (non-hydrogen) atoms. The molecule has 0 aliphatic carbocycles. The molecule has 0 fully saturated rings. The second-order valence-corrected chi connectivity index (χ2v) is 5.00. The van der Waals surface area contributed by atoms with Crippen LogP contribution < -0.4 is 9.47 Å². The molecule has 0 atom stereocenters. The smallest absolute Gasteiger partial charge is 0.161 e. The minimum absolute atomic E-state index is 0.576. The first kappa shape index (κ1) is 17.3. The van der Waals surface area contributed by atoms with Crippen LogP contribution in [0.3, 0.4) is 0 Å². The van der Waals surface area contributed by atoms with Crippen molar-refractivity contribution in [2.45, 2.75) is 52.4 Å². The summed E-state index contributed by atoms with van der Waals surface area (Å²) in [4.78, 5) is 0. The minimum Gasteiger partial charge on any atom is -0.490 e. The highest BCUT2D eigenvalue weighted by molar-refractivity contribution is 5.80. The van der Waals surface area contributed by atoms with E-state index < -0.39 is 0 Å². The molecule has 0 aromatic heterocycles. The van der Waals surface area contributed by atoms with Gasteiger partial charge >= 0.3 is 0 Å². The second kappa shape index (κ2) is 11.0. The van der Waals surface area contributed by atoms with Gasteiger partial charge in [-0.2, -0.15) is 0 Å². The Labute approximate surface area is 127 Å². The van der Waals surface area contributed by atoms with Crippen molar-refractivity contribution in [3.63, 3.8) is 0 Å². The largest absolute Gasteiger partial charge is 0.490 e. The number of unbranched alkanes of at least 4 members (excludes halogenated alkanes) is 5. The van der Waals surface area contributed by atoms with Crippen molar-refractivity contribution in [2.24, 2.45) is 5.16 Å². The van der Waals surface area contributed by atoms with E-state index in [1.807, 2.05) is 25.1 Å². The number of nitrogens with zero attached hydrogens (tertiary/aromatic N) is 1. The number of rotatable bonds is 11. The maximum atomic E-state index is 8.57. The van der Waals surface area contributed by atoms with Gasteiger partial charge < -0.3 is 14.7 Å². The maximum Gasteiger partial charge on any atom is 0.161 e. The van der Waals surface area contributed by atoms with Gasteiger partial charge in [-0.05, 0) is 31.5 Å². The molecule has 1 aromatic carbocycles. The molecule has 118 valence electrons. The Morgan fingerprint density at radius 1 is 1.00 bits per heavy atom. The molecule has 0 saturated carbocycles. The Hall–Kier alpha value is -1.71. The van der Waals surface area contributed by atoms with Crippen LogP contribution in [0.1, 0.15) is 57.9 Å². The fraction of sp³-hybridized carbons (Fsp3) is 0.588. The third-order valence-corrected chi connectivity index (χ3v) is 3.23. The van der Waals surface area contributed by atoms with E-state index in [0.29, 0.717) is 19.0 Å². The summed E-state index contributed by atoms with van der Waals surface area (Å²) in [7, 11) is 0. The van der Waals surface area contributed by atoms with Gasteiger partial charge in [0.25, 0.3) is 0 Å². The van der Waals surface area contributed by atoms with Crippen LogP contribution in [0.5, 0.6) is 11.5 Å². The van der Waals surface area contributed by atoms with Gasteiger partial charge in [0.2, 0.25) is 0 Å². The number of oxime groups is 1. The number of benzene rings is 1. The van der Waals surface area contributed by atoms with E-state index in [1.54, 1.807) is 0 Å². The van der Waals surface area contributed by atoms with Gasteiger partial charge in [0.05, 0.1) is 19.4 Å². The van der Waals surface area contributed by atoms with Crippen molar-refractivity contribution in [2.75, 3.05) is 13.2 Å². The molecule has 0 radical (unpaired) electrons. The summed E-state index contributed by atoms with van der Waals surface area (Å²) < 4.78 is 11.4. The zero-order valence-corrected chi connectivity index (χ0v) is 13.2. The first-order valence-electron chi connectivity index (χ1n) is 7.88. The zero-order valence-electron chi connectivity index (χ0n) is 13.2. The Morgan fingerprint density at radius 3 is 2.48 bits per heavy atom. The standard InChI is InChI=1S/C17H27NO3/c1-3-5-6-7-8-9-12-21-16-11-10-15(14-18-19)13-17(16)20-4-2/h10-11,13-14,19H,3-9,12H2,1-2H3/b18-14+. The average Bonchev–Trinajstić information content (AvgIpc) is 2.49. The summed E-state index contributed by atoms with van der Waals surface area (Å²) in [5.74, 6) is 1.45. The highest BCUT2D eigenvalue weighted by atomic mass is 16.5. The quantitative estimate of drug-likeness (QED) is 0.280. The summed E-state index contributed by atoms with van der Waals surface area (Å²) >= 11 is 0. The molecule has 0 amide bonds. The lowest BCUT2D eigenvalue weighted by Crippen LogP contribution is -2.01. The first-order chi connectivity index (χ1) is 10.3. The molecular formula is C17H27NO3. The third-order valence-electron chi connectivity index (χ3n) is 3.23. The topological polar surface area (TPSA) is 51.0 Å². The van der Waals surface area contributed by atoms with E-state index in [0.717, 1.165) is 17.7 Å². The average molecular weight is 293 g/mol. The molecule has 1 rings (SSSR count). The van der Waals surface area contributed by atoms with Crippen LogP contribution in [0.25, 0.3) is 0 Å². The van der Waals surface area contributed by atoms with Crippen molar-refractivity contribution in [3.05, 3.63) is 23.8 Å². The van der Waals surface area contributed by atoms with E-state index >= 15 is 0 Å². The van der Waals surface area contributed by atoms with Crippen LogP contribution in [0, 0.1) is 0 Å². The Kier molecular flexibility index (Phi) is 9.09. The third kappa shape index (κ3) is 7.02. The van der Waals surface area contributed by atoms with Crippen LogP contribution in [0.2, 0.25) is 0 Å². The lowest BCUT2D eigenvalue weighted by molar-refractivity contribution is 0.270. The van der Waals surface area contributed by atoms with E-state index in [2.05, 4.69) is 12.1 Å². The summed E-state index contributed by atoms with van der Waals surface area (Å²) in [5, 5.41) is 11.6. The summed E-state index contributed by atoms with van der Waals surface area (Å²) in [5.41, 5.74) is 0.785. The Balaban J connectivity index is 2.42. The lowest BCUT2D eigenvalue weighted by atomic mass is 10.1. The fourth-order valence-electron chi connectivity index (χ4n) is 2.12. The minimum atomic E-state index is 0.576. The molecule has 0 heterocycles. The van der Waals surface area contributed by atoms with Gasteiger partial charge in [0.1, 0.15) is 0 Å². The highest BCUT2D eigenvalue weighted by Crippen LogP contribution is 2.28. The molecule has 4 heteroatoms. The maximum absolute atomic E-state index is 8.57. The van der Waals surface area contributed by atoms with Crippen LogP contribution in [0.4, 0.5) is 0 Å². The molecule has 0 aliphatic rings. The predicted octanol–water partition coefficient (Wildman–Crippen LogP) is 4.63. The van der Waals surface area contributed by atoms with Crippen LogP contribution >= 0.6 is 0 Å². The molecule has 1 N–H and O–H groups in total. The molecule has 0 bridgehead atoms. The van der Waals surface area contributed by atoms with Gasteiger partial charge in [-0.3, -0.25) is 0 Å². The van der Waals surface area contributed by atoms with Crippen LogP contribution in [0.15, 0.2) is 23.4 Å². The molecule has 0 unspecified atom stereocenters. The zero-order chi connectivity index (χ0) is 15.3. The summed E-state index contributed by atoms with van der Waals surface area (Å²) in [6.07, 6.45) is 8.84. The molecular weight excluding hydrogens is 266 g/mol.